The fourth-order valence-electron chi connectivity index (χ4n) is 2.73. The van der Waals surface area contributed by atoms with Gasteiger partial charge < -0.3 is 10.3 Å². The SMILES string of the molecule is CCCc1nc2c(c(=O)n(CCCN)c(=O)n2CCC)n1C. The minimum Gasteiger partial charge on any atom is -0.330 e. The lowest BCUT2D eigenvalue weighted by molar-refractivity contribution is 0.546. The van der Waals surface area contributed by atoms with Crippen molar-refractivity contribution in [1.29, 1.82) is 0 Å². The number of rotatable bonds is 7. The number of nitrogens with zero attached hydrogens (tertiary/aromatic N) is 4. The molecule has 0 aromatic carbocycles. The van der Waals surface area contributed by atoms with E-state index in [0.717, 1.165) is 25.1 Å². The summed E-state index contributed by atoms with van der Waals surface area (Å²) in [5.41, 5.74) is 5.98. The van der Waals surface area contributed by atoms with Crippen molar-refractivity contribution in [2.75, 3.05) is 6.54 Å². The first-order valence-corrected chi connectivity index (χ1v) is 7.95. The second-order valence-corrected chi connectivity index (χ2v) is 5.54. The van der Waals surface area contributed by atoms with Crippen LogP contribution in [-0.4, -0.2) is 25.2 Å². The predicted molar refractivity (Wildman–Crippen MR) is 87.2 cm³/mol. The molecule has 0 unspecified atom stereocenters. The molecule has 7 nitrogen and oxygen atoms in total. The molecule has 7 heteroatoms. The van der Waals surface area contributed by atoms with E-state index in [0.29, 0.717) is 37.2 Å². The van der Waals surface area contributed by atoms with Crippen LogP contribution in [0.2, 0.25) is 0 Å². The van der Waals surface area contributed by atoms with Crippen LogP contribution in [0.1, 0.15) is 38.9 Å². The third-order valence-corrected chi connectivity index (χ3v) is 3.84. The maximum Gasteiger partial charge on any atom is 0.332 e. The minimum absolute atomic E-state index is 0.266. The highest BCUT2D eigenvalue weighted by Crippen LogP contribution is 2.12. The molecule has 0 bridgehead atoms. The number of aromatic nitrogens is 4. The molecular weight excluding hydrogens is 282 g/mol. The Morgan fingerprint density at radius 2 is 1.82 bits per heavy atom. The number of nitrogens with two attached hydrogens (primary N) is 1. The molecule has 0 radical (unpaired) electrons. The molecule has 0 saturated carbocycles. The number of hydrogen-bond donors (Lipinski definition) is 1. The summed E-state index contributed by atoms with van der Waals surface area (Å²) in [7, 11) is 1.84. The van der Waals surface area contributed by atoms with Crippen molar-refractivity contribution in [3.63, 3.8) is 0 Å². The molecule has 2 N–H and O–H groups in total. The van der Waals surface area contributed by atoms with E-state index in [4.69, 9.17) is 5.73 Å². The van der Waals surface area contributed by atoms with Gasteiger partial charge >= 0.3 is 5.69 Å². The van der Waals surface area contributed by atoms with Crippen molar-refractivity contribution in [2.45, 2.75) is 52.6 Å². The molecule has 2 rings (SSSR count). The zero-order valence-electron chi connectivity index (χ0n) is 13.6. The van der Waals surface area contributed by atoms with Crippen LogP contribution >= 0.6 is 0 Å². The summed E-state index contributed by atoms with van der Waals surface area (Å²) in [6, 6.07) is 0. The van der Waals surface area contributed by atoms with Crippen LogP contribution in [0.25, 0.3) is 11.2 Å². The summed E-state index contributed by atoms with van der Waals surface area (Å²) in [6.45, 7) is 5.43. The third kappa shape index (κ3) is 2.72. The summed E-state index contributed by atoms with van der Waals surface area (Å²) >= 11 is 0. The van der Waals surface area contributed by atoms with Gasteiger partial charge in [-0.3, -0.25) is 13.9 Å². The van der Waals surface area contributed by atoms with Crippen LogP contribution < -0.4 is 17.0 Å². The van der Waals surface area contributed by atoms with Gasteiger partial charge in [0.15, 0.2) is 11.2 Å². The van der Waals surface area contributed by atoms with Gasteiger partial charge in [0.05, 0.1) is 0 Å². The highest BCUT2D eigenvalue weighted by Gasteiger charge is 2.19. The number of hydrogen-bond acceptors (Lipinski definition) is 4. The summed E-state index contributed by atoms with van der Waals surface area (Å²) in [5.74, 6) is 0.843. The van der Waals surface area contributed by atoms with Crippen LogP contribution in [0.5, 0.6) is 0 Å². The van der Waals surface area contributed by atoms with Gasteiger partial charge in [-0.25, -0.2) is 9.78 Å². The van der Waals surface area contributed by atoms with E-state index in [1.807, 2.05) is 18.5 Å². The topological polar surface area (TPSA) is 87.8 Å². The molecule has 0 atom stereocenters. The molecule has 0 spiro atoms. The van der Waals surface area contributed by atoms with E-state index >= 15 is 0 Å². The van der Waals surface area contributed by atoms with Gasteiger partial charge in [-0.05, 0) is 25.8 Å². The van der Waals surface area contributed by atoms with Crippen LogP contribution in [0.3, 0.4) is 0 Å². The first kappa shape index (κ1) is 16.5. The molecule has 0 saturated heterocycles. The third-order valence-electron chi connectivity index (χ3n) is 3.84. The summed E-state index contributed by atoms with van der Waals surface area (Å²) in [4.78, 5) is 29.9. The van der Waals surface area contributed by atoms with Gasteiger partial charge in [0, 0.05) is 26.6 Å². The lowest BCUT2D eigenvalue weighted by atomic mass is 10.3. The quantitative estimate of drug-likeness (QED) is 0.811. The molecule has 0 aliphatic rings. The molecule has 0 amide bonds. The van der Waals surface area contributed by atoms with Gasteiger partial charge in [-0.15, -0.1) is 0 Å². The summed E-state index contributed by atoms with van der Waals surface area (Å²) < 4.78 is 4.74. The van der Waals surface area contributed by atoms with E-state index in [9.17, 15) is 9.59 Å². The Labute approximate surface area is 129 Å². The zero-order valence-corrected chi connectivity index (χ0v) is 13.6. The van der Waals surface area contributed by atoms with Gasteiger partial charge in [-0.1, -0.05) is 13.8 Å². The highest BCUT2D eigenvalue weighted by molar-refractivity contribution is 5.71. The Kier molecular flexibility index (Phi) is 5.18. The van der Waals surface area contributed by atoms with Crippen molar-refractivity contribution in [3.8, 4) is 0 Å². The summed E-state index contributed by atoms with van der Waals surface area (Å²) in [6.07, 6.45) is 3.14. The van der Waals surface area contributed by atoms with Crippen LogP contribution in [0.4, 0.5) is 0 Å². The average Bonchev–Trinajstić information content (AvgIpc) is 2.81. The van der Waals surface area contributed by atoms with Gasteiger partial charge in [0.1, 0.15) is 5.82 Å². The highest BCUT2D eigenvalue weighted by atomic mass is 16.2. The Balaban J connectivity index is 2.79. The van der Waals surface area contributed by atoms with Crippen molar-refractivity contribution in [3.05, 3.63) is 26.7 Å². The molecule has 2 aromatic rings. The fraction of sp³-hybridized carbons (Fsp3) is 0.667. The monoisotopic (exact) mass is 307 g/mol. The molecule has 0 fully saturated rings. The molecule has 0 aliphatic carbocycles. The Bertz CT molecular complexity index is 769. The molecule has 122 valence electrons. The molecule has 2 heterocycles. The molecule has 0 aliphatic heterocycles. The van der Waals surface area contributed by atoms with E-state index in [1.54, 1.807) is 4.57 Å². The van der Waals surface area contributed by atoms with Crippen LogP contribution in [-0.2, 0) is 26.6 Å². The number of aryl methyl sites for hydroxylation is 3. The van der Waals surface area contributed by atoms with Crippen molar-refractivity contribution >= 4 is 11.2 Å². The normalized spacial score (nSPS) is 11.5. The average molecular weight is 307 g/mol. The van der Waals surface area contributed by atoms with E-state index < -0.39 is 0 Å². The number of fused-ring (bicyclic) bond motifs is 1. The second-order valence-electron chi connectivity index (χ2n) is 5.54. The Morgan fingerprint density at radius 1 is 1.09 bits per heavy atom. The molecule has 22 heavy (non-hydrogen) atoms. The van der Waals surface area contributed by atoms with Crippen LogP contribution in [0, 0.1) is 0 Å². The van der Waals surface area contributed by atoms with Crippen molar-refractivity contribution in [2.24, 2.45) is 12.8 Å². The molecular formula is C15H25N5O2. The lowest BCUT2D eigenvalue weighted by Crippen LogP contribution is -2.41. The minimum atomic E-state index is -0.283. The second kappa shape index (κ2) is 6.91. The van der Waals surface area contributed by atoms with Gasteiger partial charge in [0.25, 0.3) is 5.56 Å². The smallest absolute Gasteiger partial charge is 0.330 e. The number of imidazole rings is 1. The standard InChI is InChI=1S/C15H25N5O2/c1-4-7-11-17-13-12(18(11)3)14(21)20(10-6-8-16)15(22)19(13)9-5-2/h4-10,16H2,1-3H3. The predicted octanol–water partition coefficient (Wildman–Crippen LogP) is 0.608. The first-order valence-electron chi connectivity index (χ1n) is 7.95. The molecule has 2 aromatic heterocycles. The van der Waals surface area contributed by atoms with Crippen molar-refractivity contribution in [1.82, 2.24) is 18.7 Å². The van der Waals surface area contributed by atoms with Crippen LogP contribution in [0.15, 0.2) is 9.59 Å². The maximum atomic E-state index is 12.7. The summed E-state index contributed by atoms with van der Waals surface area (Å²) in [5, 5.41) is 0. The Morgan fingerprint density at radius 3 is 2.41 bits per heavy atom. The fourth-order valence-corrected chi connectivity index (χ4v) is 2.73. The lowest BCUT2D eigenvalue weighted by Gasteiger charge is -2.10. The van der Waals surface area contributed by atoms with Gasteiger partial charge in [0.2, 0.25) is 0 Å². The Hall–Kier alpha value is -1.89. The van der Waals surface area contributed by atoms with E-state index in [1.165, 1.54) is 4.57 Å². The zero-order chi connectivity index (χ0) is 16.3. The van der Waals surface area contributed by atoms with E-state index in [-0.39, 0.29) is 11.2 Å². The maximum absolute atomic E-state index is 12.7. The van der Waals surface area contributed by atoms with Gasteiger partial charge in [-0.2, -0.15) is 0 Å². The van der Waals surface area contributed by atoms with Crippen molar-refractivity contribution < 1.29 is 0 Å². The first-order chi connectivity index (χ1) is 10.6. The van der Waals surface area contributed by atoms with E-state index in [2.05, 4.69) is 11.9 Å². The largest absolute Gasteiger partial charge is 0.332 e.